The van der Waals surface area contributed by atoms with Crippen LogP contribution in [0.5, 0.6) is 5.06 Å². The molecule has 0 aliphatic carbocycles. The highest BCUT2D eigenvalue weighted by molar-refractivity contribution is 7.14. The van der Waals surface area contributed by atoms with Gasteiger partial charge in [0.05, 0.1) is 0 Å². The molecule has 0 saturated carbocycles. The number of nitrogens with one attached hydrogen (secondary N) is 1. The molecular weight excluding hydrogens is 238 g/mol. The van der Waals surface area contributed by atoms with E-state index in [-0.39, 0.29) is 0 Å². The molecule has 0 spiro atoms. The fourth-order valence-corrected chi connectivity index (χ4v) is 3.07. The van der Waals surface area contributed by atoms with Crippen LogP contribution in [0.1, 0.15) is 23.8 Å². The van der Waals surface area contributed by atoms with Crippen molar-refractivity contribution in [1.82, 2.24) is 10.3 Å². The van der Waals surface area contributed by atoms with Gasteiger partial charge in [-0.25, -0.2) is 10.6 Å². The topological polar surface area (TPSA) is 67.6 Å². The first-order valence-electron chi connectivity index (χ1n) is 5.75. The minimum absolute atomic E-state index is 0.617. The maximum absolute atomic E-state index is 11.0. The van der Waals surface area contributed by atoms with Gasteiger partial charge in [-0.05, 0) is 37.6 Å². The van der Waals surface area contributed by atoms with Gasteiger partial charge in [0.2, 0.25) is 0 Å². The molecule has 17 heavy (non-hydrogen) atoms. The summed E-state index contributed by atoms with van der Waals surface area (Å²) in [4.78, 5) is 14.7. The van der Waals surface area contributed by atoms with Crippen LogP contribution in [-0.2, 0) is 13.0 Å². The molecule has 0 atom stereocenters. The van der Waals surface area contributed by atoms with E-state index in [0.29, 0.717) is 5.06 Å². The van der Waals surface area contributed by atoms with E-state index in [1.165, 1.54) is 21.8 Å². The average molecular weight is 255 g/mol. The molecule has 2 heterocycles. The van der Waals surface area contributed by atoms with Crippen molar-refractivity contribution in [1.29, 1.82) is 0 Å². The summed E-state index contributed by atoms with van der Waals surface area (Å²) in [7, 11) is 0. The minimum atomic E-state index is -0.617. The van der Waals surface area contributed by atoms with Crippen LogP contribution in [0.3, 0.4) is 0 Å². The lowest BCUT2D eigenvalue weighted by atomic mass is 10.2. The van der Waals surface area contributed by atoms with Crippen molar-refractivity contribution in [2.45, 2.75) is 26.3 Å². The van der Waals surface area contributed by atoms with Crippen molar-refractivity contribution in [3.8, 4) is 5.06 Å². The van der Waals surface area contributed by atoms with E-state index in [1.54, 1.807) is 0 Å². The second-order valence-corrected chi connectivity index (χ2v) is 5.12. The molecule has 1 aromatic heterocycles. The number of rotatable bonds is 2. The van der Waals surface area contributed by atoms with Gasteiger partial charge in [0, 0.05) is 11.4 Å². The number of aryl methyl sites for hydroxylation is 1. The zero-order valence-corrected chi connectivity index (χ0v) is 10.7. The molecule has 0 saturated heterocycles. The standard InChI is InChI=1S/C11H17N3O2S/c1-2-14-5-3-4-9-8(7-14)6-10(17-9)16-11(15)13-12/h6H,2-5,7,12H2,1H3,(H,13,15). The second kappa shape index (κ2) is 5.48. The van der Waals surface area contributed by atoms with Crippen molar-refractivity contribution >= 4 is 17.4 Å². The van der Waals surface area contributed by atoms with Gasteiger partial charge in [0.25, 0.3) is 0 Å². The first-order chi connectivity index (χ1) is 8.22. The van der Waals surface area contributed by atoms with E-state index >= 15 is 0 Å². The Morgan fingerprint density at radius 3 is 3.24 bits per heavy atom. The average Bonchev–Trinajstić information content (AvgIpc) is 2.59. The predicted octanol–water partition coefficient (Wildman–Crippen LogP) is 1.48. The van der Waals surface area contributed by atoms with E-state index in [4.69, 9.17) is 10.6 Å². The van der Waals surface area contributed by atoms with Gasteiger partial charge < -0.3 is 4.74 Å². The van der Waals surface area contributed by atoms with Gasteiger partial charge in [0.15, 0.2) is 5.06 Å². The van der Waals surface area contributed by atoms with Crippen LogP contribution in [0.15, 0.2) is 6.07 Å². The third-order valence-electron chi connectivity index (χ3n) is 2.90. The summed E-state index contributed by atoms with van der Waals surface area (Å²) in [5.41, 5.74) is 3.23. The van der Waals surface area contributed by atoms with Crippen molar-refractivity contribution in [3.63, 3.8) is 0 Å². The Morgan fingerprint density at radius 1 is 1.71 bits per heavy atom. The highest BCUT2D eigenvalue weighted by atomic mass is 32.1. The molecule has 1 aliphatic rings. The molecule has 3 N–H and O–H groups in total. The second-order valence-electron chi connectivity index (χ2n) is 4.02. The van der Waals surface area contributed by atoms with Gasteiger partial charge in [-0.15, -0.1) is 11.3 Å². The number of amides is 1. The lowest BCUT2D eigenvalue weighted by molar-refractivity contribution is 0.202. The first-order valence-corrected chi connectivity index (χ1v) is 6.57. The van der Waals surface area contributed by atoms with Gasteiger partial charge in [-0.1, -0.05) is 6.92 Å². The van der Waals surface area contributed by atoms with Crippen molar-refractivity contribution < 1.29 is 9.53 Å². The van der Waals surface area contributed by atoms with Crippen LogP contribution < -0.4 is 16.0 Å². The molecule has 2 rings (SSSR count). The smallest absolute Gasteiger partial charge is 0.398 e. The lowest BCUT2D eigenvalue weighted by Gasteiger charge is -2.16. The third kappa shape index (κ3) is 2.96. The number of hydrogen-bond donors (Lipinski definition) is 2. The number of ether oxygens (including phenoxy) is 1. The first kappa shape index (κ1) is 12.3. The number of nitrogens with two attached hydrogens (primary N) is 1. The zero-order chi connectivity index (χ0) is 12.3. The maximum atomic E-state index is 11.0. The molecule has 0 fully saturated rings. The summed E-state index contributed by atoms with van der Waals surface area (Å²) in [6.07, 6.45) is 1.60. The number of thiophene rings is 1. The Labute approximate surface area is 105 Å². The molecule has 0 unspecified atom stereocenters. The number of carbonyl (C=O) groups is 1. The summed E-state index contributed by atoms with van der Waals surface area (Å²) in [6.45, 7) is 5.29. The fraction of sp³-hybridized carbons (Fsp3) is 0.545. The fourth-order valence-electron chi connectivity index (χ4n) is 2.01. The van der Waals surface area contributed by atoms with E-state index in [9.17, 15) is 4.79 Å². The Balaban J connectivity index is 2.12. The Morgan fingerprint density at radius 2 is 2.53 bits per heavy atom. The van der Waals surface area contributed by atoms with Gasteiger partial charge in [-0.3, -0.25) is 10.3 Å². The third-order valence-corrected chi connectivity index (χ3v) is 4.02. The summed E-state index contributed by atoms with van der Waals surface area (Å²) in [6, 6.07) is 1.95. The van der Waals surface area contributed by atoms with E-state index in [2.05, 4.69) is 11.8 Å². The van der Waals surface area contributed by atoms with Crippen LogP contribution >= 0.6 is 11.3 Å². The Hall–Kier alpha value is -1.11. The number of fused-ring (bicyclic) bond motifs is 1. The largest absolute Gasteiger partial charge is 0.427 e. The Bertz CT molecular complexity index is 405. The van der Waals surface area contributed by atoms with E-state index in [0.717, 1.165) is 32.5 Å². The molecule has 1 aromatic rings. The monoisotopic (exact) mass is 255 g/mol. The molecule has 94 valence electrons. The van der Waals surface area contributed by atoms with E-state index in [1.807, 2.05) is 11.5 Å². The van der Waals surface area contributed by atoms with Crippen LogP contribution in [0.4, 0.5) is 4.79 Å². The minimum Gasteiger partial charge on any atom is -0.398 e. The highest BCUT2D eigenvalue weighted by Crippen LogP contribution is 2.32. The molecule has 0 radical (unpaired) electrons. The lowest BCUT2D eigenvalue weighted by Crippen LogP contribution is -2.32. The molecule has 0 bridgehead atoms. The molecule has 6 heteroatoms. The maximum Gasteiger partial charge on any atom is 0.427 e. The van der Waals surface area contributed by atoms with Crippen LogP contribution in [0.2, 0.25) is 0 Å². The summed E-state index contributed by atoms with van der Waals surface area (Å²) >= 11 is 1.54. The zero-order valence-electron chi connectivity index (χ0n) is 9.86. The number of hydrogen-bond acceptors (Lipinski definition) is 5. The van der Waals surface area contributed by atoms with Gasteiger partial charge in [0.1, 0.15) is 0 Å². The van der Waals surface area contributed by atoms with Crippen molar-refractivity contribution in [2.24, 2.45) is 5.84 Å². The number of nitrogens with zero attached hydrogens (tertiary/aromatic N) is 1. The van der Waals surface area contributed by atoms with Crippen LogP contribution in [-0.4, -0.2) is 24.1 Å². The number of carbonyl (C=O) groups excluding carboxylic acids is 1. The molecule has 5 nitrogen and oxygen atoms in total. The number of hydrazine groups is 1. The van der Waals surface area contributed by atoms with Crippen LogP contribution in [0.25, 0.3) is 0 Å². The molecular formula is C11H17N3O2S. The van der Waals surface area contributed by atoms with Crippen LogP contribution in [0, 0.1) is 0 Å². The molecule has 1 amide bonds. The normalized spacial score (nSPS) is 16.1. The summed E-state index contributed by atoms with van der Waals surface area (Å²) in [5, 5.41) is 0.621. The van der Waals surface area contributed by atoms with E-state index < -0.39 is 6.09 Å². The SMILES string of the molecule is CCN1CCCc2sc(OC(=O)NN)cc2C1. The molecule has 1 aliphatic heterocycles. The molecule has 0 aromatic carbocycles. The summed E-state index contributed by atoms with van der Waals surface area (Å²) in [5.74, 6) is 4.98. The van der Waals surface area contributed by atoms with Crippen molar-refractivity contribution in [3.05, 3.63) is 16.5 Å². The quantitative estimate of drug-likeness (QED) is 0.477. The van der Waals surface area contributed by atoms with Gasteiger partial charge >= 0.3 is 6.09 Å². The predicted molar refractivity (Wildman–Crippen MR) is 66.9 cm³/mol. The summed E-state index contributed by atoms with van der Waals surface area (Å²) < 4.78 is 5.05. The van der Waals surface area contributed by atoms with Crippen molar-refractivity contribution in [2.75, 3.05) is 13.1 Å². The highest BCUT2D eigenvalue weighted by Gasteiger charge is 2.17. The van der Waals surface area contributed by atoms with Gasteiger partial charge in [-0.2, -0.15) is 0 Å². The Kier molecular flexibility index (Phi) is 3.98.